The first kappa shape index (κ1) is 6.33. The molecule has 0 spiro atoms. The molecule has 1 unspecified atom stereocenters. The van der Waals surface area contributed by atoms with Gasteiger partial charge in [-0.05, 0) is 6.08 Å². The lowest BCUT2D eigenvalue weighted by Gasteiger charge is -2.05. The Hall–Kier alpha value is -0.790. The van der Waals surface area contributed by atoms with Crippen molar-refractivity contribution in [3.63, 3.8) is 0 Å². The van der Waals surface area contributed by atoms with Crippen molar-refractivity contribution < 1.29 is 4.74 Å². The summed E-state index contributed by atoms with van der Waals surface area (Å²) in [6.45, 7) is 5.44. The first-order chi connectivity index (χ1) is 4.25. The molecule has 50 valence electrons. The largest absolute Gasteiger partial charge is 0.623 e. The molecule has 0 aromatic carbocycles. The van der Waals surface area contributed by atoms with Gasteiger partial charge in [-0.15, -0.1) is 0 Å². The molecular formula is C7H11NO. The van der Waals surface area contributed by atoms with Gasteiger partial charge in [-0.25, -0.2) is 4.74 Å². The van der Waals surface area contributed by atoms with E-state index in [9.17, 15) is 5.21 Å². The van der Waals surface area contributed by atoms with Crippen LogP contribution >= 0.6 is 0 Å². The fraction of sp³-hybridized carbons (Fsp3) is 0.571. The molecule has 0 saturated heterocycles. The third-order valence-corrected chi connectivity index (χ3v) is 1.75. The van der Waals surface area contributed by atoms with Gasteiger partial charge in [0.1, 0.15) is 0 Å². The molecule has 1 atom stereocenters. The van der Waals surface area contributed by atoms with E-state index >= 15 is 0 Å². The SMILES string of the molecule is C=CC1CCC(C)=[N+]1[O-]. The lowest BCUT2D eigenvalue weighted by atomic mass is 10.2. The van der Waals surface area contributed by atoms with Crippen molar-refractivity contribution >= 4 is 5.71 Å². The van der Waals surface area contributed by atoms with E-state index in [1.54, 1.807) is 6.08 Å². The molecule has 1 rings (SSSR count). The zero-order valence-corrected chi connectivity index (χ0v) is 5.63. The summed E-state index contributed by atoms with van der Waals surface area (Å²) < 4.78 is 1.05. The quantitative estimate of drug-likeness (QED) is 0.295. The number of hydrogen-bond donors (Lipinski definition) is 0. The van der Waals surface area contributed by atoms with Gasteiger partial charge >= 0.3 is 0 Å². The van der Waals surface area contributed by atoms with Gasteiger partial charge in [-0.1, -0.05) is 6.58 Å². The minimum atomic E-state index is 0.0463. The van der Waals surface area contributed by atoms with Crippen LogP contribution in [0.15, 0.2) is 12.7 Å². The van der Waals surface area contributed by atoms with Crippen LogP contribution < -0.4 is 0 Å². The average Bonchev–Trinajstić information content (AvgIpc) is 2.15. The van der Waals surface area contributed by atoms with Crippen LogP contribution in [0.5, 0.6) is 0 Å². The zero-order valence-electron chi connectivity index (χ0n) is 5.63. The Morgan fingerprint density at radius 1 is 1.89 bits per heavy atom. The van der Waals surface area contributed by atoms with E-state index in [2.05, 4.69) is 6.58 Å². The van der Waals surface area contributed by atoms with Crippen LogP contribution in [0.2, 0.25) is 0 Å². The summed E-state index contributed by atoms with van der Waals surface area (Å²) in [5.41, 5.74) is 0.930. The summed E-state index contributed by atoms with van der Waals surface area (Å²) in [5, 5.41) is 10.9. The van der Waals surface area contributed by atoms with Crippen molar-refractivity contribution in [2.45, 2.75) is 25.8 Å². The molecule has 2 nitrogen and oxygen atoms in total. The molecule has 0 fully saturated rings. The molecule has 1 aliphatic heterocycles. The van der Waals surface area contributed by atoms with Crippen molar-refractivity contribution in [3.8, 4) is 0 Å². The van der Waals surface area contributed by atoms with Gasteiger partial charge in [0.05, 0.1) is 0 Å². The molecule has 0 N–H and O–H groups in total. The Bertz CT molecular complexity index is 160. The van der Waals surface area contributed by atoms with Crippen molar-refractivity contribution in [2.24, 2.45) is 0 Å². The van der Waals surface area contributed by atoms with E-state index < -0.39 is 0 Å². The standard InChI is InChI=1S/C7H11NO/c1-3-7-5-4-6(2)8(7)9/h3,7H,1,4-5H2,2H3. The molecule has 0 aromatic heterocycles. The van der Waals surface area contributed by atoms with Gasteiger partial charge in [-0.3, -0.25) is 0 Å². The summed E-state index contributed by atoms with van der Waals surface area (Å²) >= 11 is 0. The fourth-order valence-electron chi connectivity index (χ4n) is 1.08. The number of hydroxylamine groups is 1. The highest BCUT2D eigenvalue weighted by atomic mass is 16.5. The van der Waals surface area contributed by atoms with E-state index in [1.165, 1.54) is 0 Å². The maximum Gasteiger partial charge on any atom is 0.181 e. The van der Waals surface area contributed by atoms with Crippen molar-refractivity contribution in [1.29, 1.82) is 0 Å². The second-order valence-electron chi connectivity index (χ2n) is 2.40. The molecule has 0 aromatic rings. The summed E-state index contributed by atoms with van der Waals surface area (Å²) in [6.07, 6.45) is 3.59. The summed E-state index contributed by atoms with van der Waals surface area (Å²) in [4.78, 5) is 0. The normalized spacial score (nSPS) is 27.0. The van der Waals surface area contributed by atoms with Crippen LogP contribution in [-0.4, -0.2) is 16.5 Å². The van der Waals surface area contributed by atoms with Gasteiger partial charge in [0, 0.05) is 19.8 Å². The lowest BCUT2D eigenvalue weighted by molar-refractivity contribution is -0.478. The van der Waals surface area contributed by atoms with Gasteiger partial charge < -0.3 is 5.21 Å². The molecule has 9 heavy (non-hydrogen) atoms. The van der Waals surface area contributed by atoms with Crippen LogP contribution in [0, 0.1) is 5.21 Å². The van der Waals surface area contributed by atoms with Gasteiger partial charge in [0.25, 0.3) is 0 Å². The van der Waals surface area contributed by atoms with Crippen LogP contribution in [0.1, 0.15) is 19.8 Å². The van der Waals surface area contributed by atoms with Crippen molar-refractivity contribution in [1.82, 2.24) is 0 Å². The third kappa shape index (κ3) is 0.969. The van der Waals surface area contributed by atoms with Crippen molar-refractivity contribution in [3.05, 3.63) is 17.9 Å². The molecule has 0 aliphatic carbocycles. The Labute approximate surface area is 55.1 Å². The highest BCUT2D eigenvalue weighted by Crippen LogP contribution is 2.11. The predicted molar refractivity (Wildman–Crippen MR) is 37.5 cm³/mol. The van der Waals surface area contributed by atoms with Crippen molar-refractivity contribution in [2.75, 3.05) is 0 Å². The Morgan fingerprint density at radius 2 is 2.56 bits per heavy atom. The van der Waals surface area contributed by atoms with E-state index in [0.29, 0.717) is 0 Å². The van der Waals surface area contributed by atoms with E-state index in [4.69, 9.17) is 0 Å². The van der Waals surface area contributed by atoms with Gasteiger partial charge in [0.15, 0.2) is 11.8 Å². The highest BCUT2D eigenvalue weighted by molar-refractivity contribution is 5.78. The number of rotatable bonds is 1. The van der Waals surface area contributed by atoms with E-state index in [0.717, 1.165) is 23.3 Å². The molecule has 1 heterocycles. The van der Waals surface area contributed by atoms with Crippen LogP contribution in [-0.2, 0) is 0 Å². The van der Waals surface area contributed by atoms with Gasteiger partial charge in [-0.2, -0.15) is 0 Å². The summed E-state index contributed by atoms with van der Waals surface area (Å²) in [6, 6.07) is 0.0463. The zero-order chi connectivity index (χ0) is 6.85. The highest BCUT2D eigenvalue weighted by Gasteiger charge is 2.22. The average molecular weight is 125 g/mol. The first-order valence-corrected chi connectivity index (χ1v) is 3.17. The minimum Gasteiger partial charge on any atom is -0.623 e. The minimum absolute atomic E-state index is 0.0463. The maximum absolute atomic E-state index is 10.9. The fourth-order valence-corrected chi connectivity index (χ4v) is 1.08. The van der Waals surface area contributed by atoms with E-state index in [-0.39, 0.29) is 6.04 Å². The Balaban J connectivity index is 2.74. The monoisotopic (exact) mass is 125 g/mol. The molecule has 0 bridgehead atoms. The number of hydrogen-bond acceptors (Lipinski definition) is 1. The summed E-state index contributed by atoms with van der Waals surface area (Å²) in [7, 11) is 0. The van der Waals surface area contributed by atoms with Gasteiger partial charge in [0.2, 0.25) is 0 Å². The third-order valence-electron chi connectivity index (χ3n) is 1.75. The lowest BCUT2D eigenvalue weighted by Crippen LogP contribution is -2.14. The molecule has 0 saturated carbocycles. The molecule has 0 radical (unpaired) electrons. The first-order valence-electron chi connectivity index (χ1n) is 3.17. The molecule has 2 heteroatoms. The molecular weight excluding hydrogens is 114 g/mol. The molecule has 1 aliphatic rings. The maximum atomic E-state index is 10.9. The smallest absolute Gasteiger partial charge is 0.181 e. The second-order valence-corrected chi connectivity index (χ2v) is 2.40. The summed E-state index contributed by atoms with van der Waals surface area (Å²) in [5.74, 6) is 0. The Morgan fingerprint density at radius 3 is 2.78 bits per heavy atom. The van der Waals surface area contributed by atoms with Crippen LogP contribution in [0.25, 0.3) is 0 Å². The van der Waals surface area contributed by atoms with Crippen LogP contribution in [0.4, 0.5) is 0 Å². The number of nitrogens with zero attached hydrogens (tertiary/aromatic N) is 1. The van der Waals surface area contributed by atoms with Crippen LogP contribution in [0.3, 0.4) is 0 Å². The topological polar surface area (TPSA) is 26.1 Å². The van der Waals surface area contributed by atoms with E-state index in [1.807, 2.05) is 6.92 Å². The predicted octanol–water partition coefficient (Wildman–Crippen LogP) is 1.31. The molecule has 0 amide bonds. The Kier molecular flexibility index (Phi) is 1.56. The second kappa shape index (κ2) is 2.21.